The van der Waals surface area contributed by atoms with Crippen LogP contribution in [0.25, 0.3) is 0 Å². The van der Waals surface area contributed by atoms with Crippen LogP contribution < -0.4 is 10.1 Å². The molecule has 6 heteroatoms. The molecule has 2 aromatic rings. The van der Waals surface area contributed by atoms with Crippen molar-refractivity contribution in [1.82, 2.24) is 9.97 Å². The van der Waals surface area contributed by atoms with Gasteiger partial charge in [0.05, 0.1) is 6.20 Å². The summed E-state index contributed by atoms with van der Waals surface area (Å²) in [4.78, 5) is 19.7. The molecular weight excluding hydrogens is 249 g/mol. The van der Waals surface area contributed by atoms with Gasteiger partial charge < -0.3 is 10.1 Å². The van der Waals surface area contributed by atoms with Crippen LogP contribution in [0, 0.1) is 5.82 Å². The van der Waals surface area contributed by atoms with Crippen LogP contribution in [0.3, 0.4) is 0 Å². The Morgan fingerprint density at radius 2 is 2.32 bits per heavy atom. The molecule has 0 spiro atoms. The second-order valence-electron chi connectivity index (χ2n) is 4.12. The molecule has 1 amide bonds. The SMILES string of the molecule is O=C(Nc1cnccn1)[C@@H]1Cc2cccc(F)c2O1. The van der Waals surface area contributed by atoms with E-state index in [0.29, 0.717) is 17.8 Å². The monoisotopic (exact) mass is 259 g/mol. The van der Waals surface area contributed by atoms with Gasteiger partial charge in [0.1, 0.15) is 0 Å². The van der Waals surface area contributed by atoms with E-state index in [4.69, 9.17) is 4.74 Å². The summed E-state index contributed by atoms with van der Waals surface area (Å²) in [5.74, 6) is -0.322. The lowest BCUT2D eigenvalue weighted by Crippen LogP contribution is -2.31. The lowest BCUT2D eigenvalue weighted by atomic mass is 10.1. The third kappa shape index (κ3) is 2.24. The molecule has 0 radical (unpaired) electrons. The second-order valence-corrected chi connectivity index (χ2v) is 4.12. The van der Waals surface area contributed by atoms with E-state index >= 15 is 0 Å². The maximum absolute atomic E-state index is 13.5. The molecule has 0 unspecified atom stereocenters. The van der Waals surface area contributed by atoms with Crippen molar-refractivity contribution >= 4 is 11.7 Å². The van der Waals surface area contributed by atoms with Gasteiger partial charge in [-0.3, -0.25) is 9.78 Å². The molecule has 1 atom stereocenters. The van der Waals surface area contributed by atoms with Crippen LogP contribution in [-0.4, -0.2) is 22.0 Å². The first-order valence-electron chi connectivity index (χ1n) is 5.75. The number of nitrogens with one attached hydrogen (secondary N) is 1. The van der Waals surface area contributed by atoms with E-state index in [-0.39, 0.29) is 11.7 Å². The number of nitrogens with zero attached hydrogens (tertiary/aromatic N) is 2. The number of fused-ring (bicyclic) bond motifs is 1. The molecule has 0 aliphatic carbocycles. The van der Waals surface area contributed by atoms with E-state index < -0.39 is 11.9 Å². The summed E-state index contributed by atoms with van der Waals surface area (Å²) in [5, 5.41) is 2.58. The number of anilines is 1. The van der Waals surface area contributed by atoms with Gasteiger partial charge in [-0.1, -0.05) is 12.1 Å². The van der Waals surface area contributed by atoms with Crippen LogP contribution in [0.15, 0.2) is 36.8 Å². The van der Waals surface area contributed by atoms with Crippen LogP contribution in [-0.2, 0) is 11.2 Å². The first-order valence-corrected chi connectivity index (χ1v) is 5.75. The number of carbonyl (C=O) groups excluding carboxylic acids is 1. The maximum Gasteiger partial charge on any atom is 0.266 e. The molecule has 0 bridgehead atoms. The Balaban J connectivity index is 1.73. The number of hydrogen-bond acceptors (Lipinski definition) is 4. The highest BCUT2D eigenvalue weighted by Crippen LogP contribution is 2.31. The minimum Gasteiger partial charge on any atom is -0.477 e. The van der Waals surface area contributed by atoms with Crippen molar-refractivity contribution in [3.8, 4) is 5.75 Å². The molecule has 19 heavy (non-hydrogen) atoms. The fourth-order valence-electron chi connectivity index (χ4n) is 1.95. The Bertz CT molecular complexity index is 619. The highest BCUT2D eigenvalue weighted by atomic mass is 19.1. The lowest BCUT2D eigenvalue weighted by Gasteiger charge is -2.10. The van der Waals surface area contributed by atoms with Gasteiger partial charge in [0.15, 0.2) is 23.5 Å². The van der Waals surface area contributed by atoms with Crippen molar-refractivity contribution in [3.05, 3.63) is 48.2 Å². The van der Waals surface area contributed by atoms with Gasteiger partial charge in [-0.25, -0.2) is 9.37 Å². The molecule has 5 nitrogen and oxygen atoms in total. The van der Waals surface area contributed by atoms with E-state index in [1.54, 1.807) is 12.1 Å². The summed E-state index contributed by atoms with van der Waals surface area (Å²) < 4.78 is 18.8. The quantitative estimate of drug-likeness (QED) is 0.888. The zero-order valence-corrected chi connectivity index (χ0v) is 9.84. The van der Waals surface area contributed by atoms with Crippen molar-refractivity contribution in [3.63, 3.8) is 0 Å². The summed E-state index contributed by atoms with van der Waals surface area (Å²) in [5.41, 5.74) is 0.694. The van der Waals surface area contributed by atoms with Crippen molar-refractivity contribution < 1.29 is 13.9 Å². The minimum atomic E-state index is -0.742. The number of benzene rings is 1. The average Bonchev–Trinajstić information content (AvgIpc) is 2.85. The molecule has 96 valence electrons. The topological polar surface area (TPSA) is 64.1 Å². The molecule has 0 fully saturated rings. The smallest absolute Gasteiger partial charge is 0.266 e. The Morgan fingerprint density at radius 3 is 3.05 bits per heavy atom. The average molecular weight is 259 g/mol. The second kappa shape index (κ2) is 4.64. The Kier molecular flexibility index (Phi) is 2.83. The maximum atomic E-state index is 13.5. The fourth-order valence-corrected chi connectivity index (χ4v) is 1.95. The predicted octanol–water partition coefficient (Wildman–Crippen LogP) is 1.56. The van der Waals surface area contributed by atoms with Gasteiger partial charge in [0.25, 0.3) is 5.91 Å². The van der Waals surface area contributed by atoms with Gasteiger partial charge in [-0.05, 0) is 6.07 Å². The van der Waals surface area contributed by atoms with Gasteiger partial charge in [0, 0.05) is 24.4 Å². The number of para-hydroxylation sites is 1. The van der Waals surface area contributed by atoms with Crippen LogP contribution in [0.4, 0.5) is 10.2 Å². The molecular formula is C13H10FN3O2. The molecule has 1 N–H and O–H groups in total. The van der Waals surface area contributed by atoms with Crippen LogP contribution in [0.5, 0.6) is 5.75 Å². The first-order chi connectivity index (χ1) is 9.24. The number of ether oxygens (including phenoxy) is 1. The van der Waals surface area contributed by atoms with E-state index in [1.165, 1.54) is 24.7 Å². The third-order valence-corrected chi connectivity index (χ3v) is 2.82. The third-order valence-electron chi connectivity index (χ3n) is 2.82. The molecule has 1 aromatic carbocycles. The van der Waals surface area contributed by atoms with Crippen molar-refractivity contribution in [2.45, 2.75) is 12.5 Å². The fraction of sp³-hybridized carbons (Fsp3) is 0.154. The van der Waals surface area contributed by atoms with Gasteiger partial charge >= 0.3 is 0 Å². The number of aromatic nitrogens is 2. The van der Waals surface area contributed by atoms with E-state index in [0.717, 1.165) is 0 Å². The number of rotatable bonds is 2. The largest absolute Gasteiger partial charge is 0.477 e. The van der Waals surface area contributed by atoms with Gasteiger partial charge in [-0.2, -0.15) is 0 Å². The van der Waals surface area contributed by atoms with Crippen LogP contribution >= 0.6 is 0 Å². The van der Waals surface area contributed by atoms with Crippen LogP contribution in [0.1, 0.15) is 5.56 Å². The minimum absolute atomic E-state index is 0.154. The molecule has 0 saturated carbocycles. The highest BCUT2D eigenvalue weighted by molar-refractivity contribution is 5.94. The van der Waals surface area contributed by atoms with Crippen molar-refractivity contribution in [2.24, 2.45) is 0 Å². The van der Waals surface area contributed by atoms with E-state index in [9.17, 15) is 9.18 Å². The zero-order chi connectivity index (χ0) is 13.2. The van der Waals surface area contributed by atoms with E-state index in [2.05, 4.69) is 15.3 Å². The van der Waals surface area contributed by atoms with Gasteiger partial charge in [0.2, 0.25) is 0 Å². The lowest BCUT2D eigenvalue weighted by molar-refractivity contribution is -0.122. The van der Waals surface area contributed by atoms with Crippen LogP contribution in [0.2, 0.25) is 0 Å². The molecule has 0 saturated heterocycles. The molecule has 2 heterocycles. The Hall–Kier alpha value is -2.50. The summed E-state index contributed by atoms with van der Waals surface area (Å²) in [6.07, 6.45) is 4.01. The number of amides is 1. The number of carbonyl (C=O) groups is 1. The highest BCUT2D eigenvalue weighted by Gasteiger charge is 2.31. The molecule has 1 aliphatic rings. The summed E-state index contributed by atoms with van der Waals surface area (Å²) in [7, 11) is 0. The first kappa shape index (κ1) is 11.6. The normalized spacial score (nSPS) is 16.6. The van der Waals surface area contributed by atoms with Gasteiger partial charge in [-0.15, -0.1) is 0 Å². The van der Waals surface area contributed by atoms with E-state index in [1.807, 2.05) is 0 Å². The summed E-state index contributed by atoms with van der Waals surface area (Å²) >= 11 is 0. The zero-order valence-electron chi connectivity index (χ0n) is 9.84. The summed E-state index contributed by atoms with van der Waals surface area (Å²) in [6.45, 7) is 0. The van der Waals surface area contributed by atoms with Crippen molar-refractivity contribution in [1.29, 1.82) is 0 Å². The molecule has 1 aromatic heterocycles. The van der Waals surface area contributed by atoms with Crippen molar-refractivity contribution in [2.75, 3.05) is 5.32 Å². The molecule has 1 aliphatic heterocycles. The predicted molar refractivity (Wildman–Crippen MR) is 65.2 cm³/mol. The Morgan fingerprint density at radius 1 is 1.42 bits per heavy atom. The summed E-state index contributed by atoms with van der Waals surface area (Å²) in [6, 6.07) is 4.65. The number of halogens is 1. The molecule has 3 rings (SSSR count). The number of hydrogen-bond donors (Lipinski definition) is 1. The standard InChI is InChI=1S/C13H10FN3O2/c14-9-3-1-2-8-6-10(19-12(8)9)13(18)17-11-7-15-4-5-16-11/h1-5,7,10H,6H2,(H,16,17,18)/t10-/m0/s1. The Labute approximate surface area is 108 Å².